The highest BCUT2D eigenvalue weighted by Crippen LogP contribution is 2.43. The highest BCUT2D eigenvalue weighted by atomic mass is 35.5. The Labute approximate surface area is 173 Å². The van der Waals surface area contributed by atoms with Gasteiger partial charge in [-0.1, -0.05) is 24.4 Å². The van der Waals surface area contributed by atoms with E-state index in [1.165, 1.54) is 13.2 Å². The maximum absolute atomic E-state index is 13.0. The molecule has 0 bridgehead atoms. The number of Topliss-reactive ketones (excluding diaryl/α,β-unsaturated/α-hetero) is 1. The van der Waals surface area contributed by atoms with Crippen LogP contribution in [0.3, 0.4) is 0 Å². The summed E-state index contributed by atoms with van der Waals surface area (Å²) in [6.07, 6.45) is 6.98. The van der Waals surface area contributed by atoms with Gasteiger partial charge in [0.25, 0.3) is 11.7 Å². The first-order valence-electron chi connectivity index (χ1n) is 9.57. The molecule has 2 heterocycles. The summed E-state index contributed by atoms with van der Waals surface area (Å²) in [6, 6.07) is 7.64. The molecule has 1 unspecified atom stereocenters. The van der Waals surface area contributed by atoms with Crippen molar-refractivity contribution >= 4 is 29.1 Å². The van der Waals surface area contributed by atoms with E-state index in [2.05, 4.69) is 4.98 Å². The number of rotatable bonds is 4. The molecule has 0 spiro atoms. The molecular formula is C22H21ClN2O4. The number of carbonyl (C=O) groups excluding carboxylic acids is 2. The molecule has 1 aromatic carbocycles. The molecule has 1 saturated carbocycles. The second kappa shape index (κ2) is 7.87. The van der Waals surface area contributed by atoms with E-state index in [-0.39, 0.29) is 17.4 Å². The van der Waals surface area contributed by atoms with Crippen molar-refractivity contribution in [3.8, 4) is 5.75 Å². The van der Waals surface area contributed by atoms with Crippen LogP contribution >= 0.6 is 11.6 Å². The van der Waals surface area contributed by atoms with Crippen LogP contribution in [0.1, 0.15) is 42.9 Å². The topological polar surface area (TPSA) is 79.7 Å². The second-order valence-corrected chi connectivity index (χ2v) is 7.68. The molecule has 1 saturated heterocycles. The maximum atomic E-state index is 13.0. The molecule has 2 aliphatic rings. The van der Waals surface area contributed by atoms with E-state index in [9.17, 15) is 14.7 Å². The number of ketones is 1. The van der Waals surface area contributed by atoms with Gasteiger partial charge in [-0.3, -0.25) is 14.6 Å². The van der Waals surface area contributed by atoms with Crippen molar-refractivity contribution in [2.24, 2.45) is 0 Å². The van der Waals surface area contributed by atoms with E-state index in [4.69, 9.17) is 16.3 Å². The summed E-state index contributed by atoms with van der Waals surface area (Å²) >= 11 is 6.20. The molecule has 1 aliphatic carbocycles. The molecule has 1 atom stereocenters. The van der Waals surface area contributed by atoms with Crippen LogP contribution in [0.4, 0.5) is 0 Å². The molecular weight excluding hydrogens is 392 g/mol. The number of pyridine rings is 1. The number of hydrogen-bond acceptors (Lipinski definition) is 5. The zero-order valence-corrected chi connectivity index (χ0v) is 16.7. The lowest BCUT2D eigenvalue weighted by molar-refractivity contribution is -0.141. The molecule has 2 fully saturated rings. The van der Waals surface area contributed by atoms with E-state index in [0.717, 1.165) is 31.2 Å². The average molecular weight is 413 g/mol. The van der Waals surface area contributed by atoms with Crippen molar-refractivity contribution in [3.05, 3.63) is 64.4 Å². The summed E-state index contributed by atoms with van der Waals surface area (Å²) in [7, 11) is 1.50. The number of methoxy groups -OCH3 is 1. The SMILES string of the molecule is COc1ccc(/C(O)=C2/C(=O)C(=O)N(C3CCCC3)C2c2ccncc2)cc1Cl. The predicted molar refractivity (Wildman–Crippen MR) is 109 cm³/mol. The molecule has 29 heavy (non-hydrogen) atoms. The Morgan fingerprint density at radius 2 is 1.86 bits per heavy atom. The number of benzene rings is 1. The first-order chi connectivity index (χ1) is 14.0. The van der Waals surface area contributed by atoms with E-state index < -0.39 is 17.7 Å². The molecule has 1 aliphatic heterocycles. The second-order valence-electron chi connectivity index (χ2n) is 7.27. The number of amides is 1. The van der Waals surface area contributed by atoms with Crippen LogP contribution in [0.5, 0.6) is 5.75 Å². The lowest BCUT2D eigenvalue weighted by Crippen LogP contribution is -2.37. The Bertz CT molecular complexity index is 984. The van der Waals surface area contributed by atoms with Gasteiger partial charge in [-0.25, -0.2) is 0 Å². The Hall–Kier alpha value is -2.86. The van der Waals surface area contributed by atoms with Crippen molar-refractivity contribution in [1.29, 1.82) is 0 Å². The van der Waals surface area contributed by atoms with Crippen molar-refractivity contribution in [2.45, 2.75) is 37.8 Å². The highest BCUT2D eigenvalue weighted by molar-refractivity contribution is 6.46. The zero-order chi connectivity index (χ0) is 20.5. The zero-order valence-electron chi connectivity index (χ0n) is 16.0. The maximum Gasteiger partial charge on any atom is 0.295 e. The van der Waals surface area contributed by atoms with Gasteiger partial charge in [0.1, 0.15) is 11.5 Å². The van der Waals surface area contributed by atoms with Gasteiger partial charge >= 0.3 is 0 Å². The van der Waals surface area contributed by atoms with Gasteiger partial charge < -0.3 is 14.7 Å². The Morgan fingerprint density at radius 3 is 2.48 bits per heavy atom. The van der Waals surface area contributed by atoms with Crippen LogP contribution in [0.2, 0.25) is 5.02 Å². The van der Waals surface area contributed by atoms with Gasteiger partial charge in [-0.15, -0.1) is 0 Å². The van der Waals surface area contributed by atoms with Crippen LogP contribution in [-0.2, 0) is 9.59 Å². The standard InChI is InChI=1S/C22H21ClN2O4/c1-29-17-7-6-14(12-16(17)23)20(26)18-19(13-8-10-24-11-9-13)25(22(28)21(18)27)15-4-2-3-5-15/h6-12,15,19,26H,2-5H2,1H3/b20-18-. The smallest absolute Gasteiger partial charge is 0.295 e. The van der Waals surface area contributed by atoms with Gasteiger partial charge in [0, 0.05) is 24.0 Å². The van der Waals surface area contributed by atoms with E-state index in [0.29, 0.717) is 16.3 Å². The van der Waals surface area contributed by atoms with Crippen LogP contribution in [-0.4, -0.2) is 39.8 Å². The summed E-state index contributed by atoms with van der Waals surface area (Å²) in [4.78, 5) is 31.6. The molecule has 1 N–H and O–H groups in total. The normalized spacial score (nSPS) is 21.7. The minimum absolute atomic E-state index is 0.0191. The molecule has 4 rings (SSSR count). The first kappa shape index (κ1) is 19.5. The molecule has 6 nitrogen and oxygen atoms in total. The number of hydrogen-bond donors (Lipinski definition) is 1. The number of aromatic nitrogens is 1. The summed E-state index contributed by atoms with van der Waals surface area (Å²) in [6.45, 7) is 0. The number of ether oxygens (including phenoxy) is 1. The molecule has 1 amide bonds. The number of likely N-dealkylation sites (tertiary alicyclic amines) is 1. The van der Waals surface area contributed by atoms with Crippen molar-refractivity contribution in [2.75, 3.05) is 7.11 Å². The van der Waals surface area contributed by atoms with Gasteiger partial charge in [0.2, 0.25) is 0 Å². The molecule has 1 aromatic heterocycles. The number of nitrogens with zero attached hydrogens (tertiary/aromatic N) is 2. The highest BCUT2D eigenvalue weighted by Gasteiger charge is 2.49. The predicted octanol–water partition coefficient (Wildman–Crippen LogP) is 4.11. The van der Waals surface area contributed by atoms with Crippen LogP contribution in [0, 0.1) is 0 Å². The van der Waals surface area contributed by atoms with Crippen LogP contribution in [0.25, 0.3) is 5.76 Å². The van der Waals surface area contributed by atoms with Gasteiger partial charge in [0.15, 0.2) is 0 Å². The monoisotopic (exact) mass is 412 g/mol. The van der Waals surface area contributed by atoms with Crippen molar-refractivity contribution < 1.29 is 19.4 Å². The summed E-state index contributed by atoms with van der Waals surface area (Å²) < 4.78 is 5.15. The fourth-order valence-corrected chi connectivity index (χ4v) is 4.51. The lowest BCUT2D eigenvalue weighted by Gasteiger charge is -2.30. The van der Waals surface area contributed by atoms with Crippen molar-refractivity contribution in [1.82, 2.24) is 9.88 Å². The molecule has 7 heteroatoms. The minimum Gasteiger partial charge on any atom is -0.507 e. The third-order valence-corrected chi connectivity index (χ3v) is 5.94. The summed E-state index contributed by atoms with van der Waals surface area (Å²) in [5, 5.41) is 11.4. The number of carbonyl (C=O) groups is 2. The van der Waals surface area contributed by atoms with Gasteiger partial charge in [-0.2, -0.15) is 0 Å². The van der Waals surface area contributed by atoms with Gasteiger partial charge in [0.05, 0.1) is 23.7 Å². The van der Waals surface area contributed by atoms with E-state index in [1.54, 1.807) is 41.6 Å². The molecule has 0 radical (unpaired) electrons. The first-order valence-corrected chi connectivity index (χ1v) is 9.94. The largest absolute Gasteiger partial charge is 0.507 e. The third-order valence-electron chi connectivity index (χ3n) is 5.65. The summed E-state index contributed by atoms with van der Waals surface area (Å²) in [5.41, 5.74) is 1.18. The fraction of sp³-hybridized carbons (Fsp3) is 0.318. The number of aliphatic hydroxyl groups is 1. The number of halogens is 1. The Kier molecular flexibility index (Phi) is 5.28. The third kappa shape index (κ3) is 3.38. The summed E-state index contributed by atoms with van der Waals surface area (Å²) in [5.74, 6) is -1.03. The quantitative estimate of drug-likeness (QED) is 0.464. The van der Waals surface area contributed by atoms with Crippen molar-refractivity contribution in [3.63, 3.8) is 0 Å². The lowest BCUT2D eigenvalue weighted by atomic mass is 9.95. The Morgan fingerprint density at radius 1 is 1.17 bits per heavy atom. The molecule has 2 aromatic rings. The Balaban J connectivity index is 1.87. The van der Waals surface area contributed by atoms with E-state index >= 15 is 0 Å². The molecule has 150 valence electrons. The van der Waals surface area contributed by atoms with E-state index in [1.807, 2.05) is 0 Å². The van der Waals surface area contributed by atoms with Crippen LogP contribution < -0.4 is 4.74 Å². The van der Waals surface area contributed by atoms with Crippen LogP contribution in [0.15, 0.2) is 48.3 Å². The minimum atomic E-state index is -0.678. The fourth-order valence-electron chi connectivity index (χ4n) is 4.25. The van der Waals surface area contributed by atoms with Gasteiger partial charge in [-0.05, 0) is 48.7 Å². The average Bonchev–Trinajstić information content (AvgIpc) is 3.35. The number of aliphatic hydroxyl groups excluding tert-OH is 1.